The summed E-state index contributed by atoms with van der Waals surface area (Å²) >= 11 is 1.26. The fourth-order valence-corrected chi connectivity index (χ4v) is 4.44. The van der Waals surface area contributed by atoms with Crippen LogP contribution in [0, 0.1) is 0 Å². The highest BCUT2D eigenvalue weighted by Crippen LogP contribution is 2.29. The van der Waals surface area contributed by atoms with E-state index in [1.54, 1.807) is 24.3 Å². The van der Waals surface area contributed by atoms with Crippen molar-refractivity contribution in [3.05, 3.63) is 81.1 Å². The van der Waals surface area contributed by atoms with Crippen LogP contribution in [0.4, 0.5) is 0 Å². The molecule has 0 saturated carbocycles. The quantitative estimate of drug-likeness (QED) is 0.313. The Morgan fingerprint density at radius 3 is 2.66 bits per heavy atom. The molecule has 0 atom stereocenters. The first kappa shape index (κ1) is 19.9. The molecule has 0 aliphatic carbocycles. The predicted molar refractivity (Wildman–Crippen MR) is 123 cm³/mol. The van der Waals surface area contributed by atoms with E-state index < -0.39 is 5.97 Å². The Hall–Kier alpha value is -4.04. The minimum Gasteiger partial charge on any atom is -0.493 e. The number of aromatic nitrogens is 3. The number of fused-ring (bicyclic) bond motifs is 2. The predicted octanol–water partition coefficient (Wildman–Crippen LogP) is 3.45. The Bertz CT molecular complexity index is 1600. The molecule has 3 aromatic carbocycles. The van der Waals surface area contributed by atoms with Gasteiger partial charge in [-0.3, -0.25) is 9.59 Å². The van der Waals surface area contributed by atoms with E-state index in [9.17, 15) is 9.59 Å². The average molecular weight is 443 g/mol. The highest BCUT2D eigenvalue weighted by molar-refractivity contribution is 7.15. The molecule has 0 bridgehead atoms. The molecular formula is C24H17N3O4S. The molecule has 0 fully saturated rings. The van der Waals surface area contributed by atoms with Crippen molar-refractivity contribution in [2.75, 3.05) is 7.11 Å². The summed E-state index contributed by atoms with van der Waals surface area (Å²) in [6.07, 6.45) is 1.74. The second-order valence-electron chi connectivity index (χ2n) is 7.08. The van der Waals surface area contributed by atoms with Gasteiger partial charge in [0.15, 0.2) is 17.3 Å². The summed E-state index contributed by atoms with van der Waals surface area (Å²) in [4.78, 5) is 29.3. The fraction of sp³-hybridized carbons (Fsp3) is 0.0833. The molecule has 5 aromatic rings. The van der Waals surface area contributed by atoms with Crippen molar-refractivity contribution in [1.82, 2.24) is 14.6 Å². The van der Waals surface area contributed by atoms with E-state index in [4.69, 9.17) is 9.47 Å². The molecule has 0 spiro atoms. The molecule has 2 heterocycles. The molecule has 0 unspecified atom stereocenters. The number of methoxy groups -OCH3 is 1. The molecule has 0 N–H and O–H groups in total. The molecular weight excluding hydrogens is 426 g/mol. The zero-order valence-electron chi connectivity index (χ0n) is 17.2. The lowest BCUT2D eigenvalue weighted by Gasteiger charge is -2.08. The maximum absolute atomic E-state index is 12.9. The Morgan fingerprint density at radius 2 is 1.88 bits per heavy atom. The largest absolute Gasteiger partial charge is 0.493 e. The smallest absolute Gasteiger partial charge is 0.308 e. The van der Waals surface area contributed by atoms with E-state index in [2.05, 4.69) is 10.1 Å². The van der Waals surface area contributed by atoms with Gasteiger partial charge in [-0.15, -0.1) is 5.10 Å². The number of hydrogen-bond donors (Lipinski definition) is 0. The van der Waals surface area contributed by atoms with Crippen molar-refractivity contribution in [2.24, 2.45) is 0 Å². The third-order valence-corrected chi connectivity index (χ3v) is 5.91. The summed E-state index contributed by atoms with van der Waals surface area (Å²) in [6.45, 7) is 1.32. The van der Waals surface area contributed by atoms with Gasteiger partial charge in [0, 0.05) is 12.5 Å². The normalized spacial score (nSPS) is 11.9. The summed E-state index contributed by atoms with van der Waals surface area (Å²) in [5.41, 5.74) is 1.37. The Morgan fingerprint density at radius 1 is 1.06 bits per heavy atom. The average Bonchev–Trinajstić information content (AvgIpc) is 3.33. The van der Waals surface area contributed by atoms with Gasteiger partial charge in [-0.2, -0.15) is 9.50 Å². The Kier molecular flexibility index (Phi) is 4.91. The van der Waals surface area contributed by atoms with E-state index in [1.807, 2.05) is 42.5 Å². The van der Waals surface area contributed by atoms with Gasteiger partial charge in [-0.1, -0.05) is 59.9 Å². The number of hydrogen-bond acceptors (Lipinski definition) is 7. The number of carbonyl (C=O) groups excluding carboxylic acids is 1. The third-order valence-electron chi connectivity index (χ3n) is 4.95. The van der Waals surface area contributed by atoms with Crippen LogP contribution in [-0.4, -0.2) is 27.7 Å². The van der Waals surface area contributed by atoms with Gasteiger partial charge in [0.1, 0.15) is 0 Å². The van der Waals surface area contributed by atoms with Crippen molar-refractivity contribution < 1.29 is 14.3 Å². The highest BCUT2D eigenvalue weighted by Gasteiger charge is 2.14. The third kappa shape index (κ3) is 3.50. The van der Waals surface area contributed by atoms with Crippen LogP contribution in [0.2, 0.25) is 0 Å². The molecule has 7 nitrogen and oxygen atoms in total. The van der Waals surface area contributed by atoms with Crippen LogP contribution < -0.4 is 19.6 Å². The summed E-state index contributed by atoms with van der Waals surface area (Å²) in [5.74, 6) is 0.805. The summed E-state index contributed by atoms with van der Waals surface area (Å²) in [5, 5.41) is 6.60. The van der Waals surface area contributed by atoms with E-state index in [-0.39, 0.29) is 5.56 Å². The minimum atomic E-state index is -0.436. The number of thiazole rings is 1. The van der Waals surface area contributed by atoms with Gasteiger partial charge in [-0.25, -0.2) is 0 Å². The first-order valence-electron chi connectivity index (χ1n) is 9.79. The lowest BCUT2D eigenvalue weighted by molar-refractivity contribution is -0.132. The zero-order chi connectivity index (χ0) is 22.2. The summed E-state index contributed by atoms with van der Waals surface area (Å²) in [7, 11) is 1.49. The van der Waals surface area contributed by atoms with Crippen LogP contribution >= 0.6 is 11.3 Å². The van der Waals surface area contributed by atoms with E-state index in [0.29, 0.717) is 26.8 Å². The maximum Gasteiger partial charge on any atom is 0.308 e. The van der Waals surface area contributed by atoms with Crippen LogP contribution in [0.15, 0.2) is 65.5 Å². The number of esters is 1. The van der Waals surface area contributed by atoms with Gasteiger partial charge < -0.3 is 9.47 Å². The van der Waals surface area contributed by atoms with Crippen LogP contribution in [-0.2, 0) is 4.79 Å². The van der Waals surface area contributed by atoms with Crippen molar-refractivity contribution >= 4 is 39.1 Å². The van der Waals surface area contributed by atoms with Crippen LogP contribution in [0.3, 0.4) is 0 Å². The van der Waals surface area contributed by atoms with E-state index >= 15 is 0 Å². The van der Waals surface area contributed by atoms with Crippen molar-refractivity contribution in [1.29, 1.82) is 0 Å². The topological polar surface area (TPSA) is 82.8 Å². The Balaban J connectivity index is 1.57. The molecule has 0 aliphatic rings. The molecule has 8 heteroatoms. The van der Waals surface area contributed by atoms with Gasteiger partial charge in [0.05, 0.1) is 11.6 Å². The SMILES string of the molecule is COc1cc(/C=c2\sc3nc(-c4cccc5ccccc45)nn3c2=O)ccc1OC(C)=O. The van der Waals surface area contributed by atoms with Gasteiger partial charge in [0.2, 0.25) is 4.96 Å². The fourth-order valence-electron chi connectivity index (χ4n) is 3.53. The maximum atomic E-state index is 12.9. The number of nitrogens with zero attached hydrogens (tertiary/aromatic N) is 3. The molecule has 0 amide bonds. The lowest BCUT2D eigenvalue weighted by Crippen LogP contribution is -2.23. The van der Waals surface area contributed by atoms with Gasteiger partial charge in [-0.05, 0) is 34.5 Å². The second-order valence-corrected chi connectivity index (χ2v) is 8.09. The van der Waals surface area contributed by atoms with Crippen LogP contribution in [0.25, 0.3) is 33.2 Å². The second kappa shape index (κ2) is 7.90. The van der Waals surface area contributed by atoms with E-state index in [0.717, 1.165) is 21.9 Å². The number of rotatable bonds is 4. The molecule has 0 saturated heterocycles. The molecule has 158 valence electrons. The highest BCUT2D eigenvalue weighted by atomic mass is 32.1. The monoisotopic (exact) mass is 443 g/mol. The molecule has 0 aliphatic heterocycles. The van der Waals surface area contributed by atoms with Crippen molar-refractivity contribution in [3.63, 3.8) is 0 Å². The van der Waals surface area contributed by atoms with Crippen LogP contribution in [0.1, 0.15) is 12.5 Å². The molecule has 2 aromatic heterocycles. The van der Waals surface area contributed by atoms with E-state index in [1.165, 1.54) is 29.9 Å². The van der Waals surface area contributed by atoms with Crippen molar-refractivity contribution in [2.45, 2.75) is 6.92 Å². The summed E-state index contributed by atoms with van der Waals surface area (Å²) in [6, 6.07) is 19.0. The first-order valence-corrected chi connectivity index (χ1v) is 10.6. The van der Waals surface area contributed by atoms with Crippen molar-refractivity contribution in [3.8, 4) is 22.9 Å². The van der Waals surface area contributed by atoms with Crippen LogP contribution in [0.5, 0.6) is 11.5 Å². The van der Waals surface area contributed by atoms with Gasteiger partial charge in [0.25, 0.3) is 5.56 Å². The minimum absolute atomic E-state index is 0.244. The zero-order valence-corrected chi connectivity index (χ0v) is 18.1. The van der Waals surface area contributed by atoms with Gasteiger partial charge >= 0.3 is 5.97 Å². The standard InChI is InChI=1S/C24H17N3O4S/c1-14(28)31-19-11-10-15(12-20(19)30-2)13-21-23(29)27-24(32-21)25-22(26-27)18-9-5-7-16-6-3-4-8-17(16)18/h3-13H,1-2H3/b21-13-. The Labute approximate surface area is 186 Å². The molecule has 5 rings (SSSR count). The molecule has 32 heavy (non-hydrogen) atoms. The summed E-state index contributed by atoms with van der Waals surface area (Å²) < 4.78 is 12.2. The number of ether oxygens (including phenoxy) is 2. The lowest BCUT2D eigenvalue weighted by atomic mass is 10.0. The first-order chi connectivity index (χ1) is 15.5. The number of benzene rings is 3. The number of carbonyl (C=O) groups is 1. The molecule has 0 radical (unpaired) electrons.